The number of aliphatic hydroxyl groups excluding tert-OH is 1. The average molecular weight is 814 g/mol. The van der Waals surface area contributed by atoms with Gasteiger partial charge >= 0.3 is 11.9 Å². The molecule has 14 heteroatoms. The van der Waals surface area contributed by atoms with E-state index in [-0.39, 0.29) is 45.4 Å². The van der Waals surface area contributed by atoms with Crippen LogP contribution < -0.4 is 10.6 Å². The Hall–Kier alpha value is -4.18. The number of hydrogen-bond acceptors (Lipinski definition) is 12. The number of ether oxygens (including phenoxy) is 5. The summed E-state index contributed by atoms with van der Waals surface area (Å²) < 4.78 is 30.7. The second-order valence-electron chi connectivity index (χ2n) is 18.4. The first-order valence-electron chi connectivity index (χ1n) is 21.2. The Morgan fingerprint density at radius 1 is 0.983 bits per heavy atom. The lowest BCUT2D eigenvalue weighted by Crippen LogP contribution is -2.69. The second-order valence-corrected chi connectivity index (χ2v) is 18.4. The lowest BCUT2D eigenvalue weighted by molar-refractivity contribution is -0.217. The molecule has 10 atom stereocenters. The summed E-state index contributed by atoms with van der Waals surface area (Å²) in [7, 11) is 0. The summed E-state index contributed by atoms with van der Waals surface area (Å²) in [4.78, 5) is 60.8. The van der Waals surface area contributed by atoms with Crippen LogP contribution in [0, 0.1) is 11.3 Å². The van der Waals surface area contributed by atoms with Crippen LogP contribution in [-0.4, -0.2) is 107 Å². The molecule has 4 heterocycles. The van der Waals surface area contributed by atoms with Gasteiger partial charge in [0.2, 0.25) is 11.8 Å². The van der Waals surface area contributed by atoms with Crippen LogP contribution >= 0.6 is 0 Å². The number of epoxide rings is 1. The topological polar surface area (TPSA) is 174 Å². The number of aliphatic hydroxyl groups is 1. The minimum Gasteiger partial charge on any atom is -0.460 e. The third-order valence-electron chi connectivity index (χ3n) is 13.0. The fourth-order valence-corrected chi connectivity index (χ4v) is 10.2. The van der Waals surface area contributed by atoms with E-state index < -0.39 is 77.1 Å². The number of benzene rings is 2. The number of carbonyl (C=O) groups is 4. The molecule has 4 saturated heterocycles. The molecule has 2 saturated carbocycles. The highest BCUT2D eigenvalue weighted by Gasteiger charge is 2.76. The van der Waals surface area contributed by atoms with Gasteiger partial charge < -0.3 is 39.4 Å². The summed E-state index contributed by atoms with van der Waals surface area (Å²) >= 11 is 0. The molecule has 2 amide bonds. The van der Waals surface area contributed by atoms with E-state index in [9.17, 15) is 24.3 Å². The average Bonchev–Trinajstić information content (AvgIpc) is 3.54. The molecule has 1 spiro atoms. The van der Waals surface area contributed by atoms with Crippen molar-refractivity contribution < 1.29 is 52.8 Å². The van der Waals surface area contributed by atoms with Crippen molar-refractivity contribution in [3.8, 4) is 0 Å². The summed E-state index contributed by atoms with van der Waals surface area (Å²) in [5, 5.41) is 17.2. The molecule has 4 aliphatic heterocycles. The van der Waals surface area contributed by atoms with Crippen molar-refractivity contribution in [2.75, 3.05) is 13.2 Å². The Morgan fingerprint density at radius 3 is 2.44 bits per heavy atom. The maximum Gasteiger partial charge on any atom is 0.327 e. The highest BCUT2D eigenvalue weighted by molar-refractivity contribution is 5.94. The summed E-state index contributed by atoms with van der Waals surface area (Å²) in [6.07, 6.45) is 6.98. The van der Waals surface area contributed by atoms with Crippen LogP contribution in [0.25, 0.3) is 6.08 Å². The van der Waals surface area contributed by atoms with Crippen molar-refractivity contribution in [1.82, 2.24) is 15.7 Å². The first kappa shape index (κ1) is 40.2. The van der Waals surface area contributed by atoms with Crippen molar-refractivity contribution in [3.05, 3.63) is 76.9 Å². The quantitative estimate of drug-likeness (QED) is 0.199. The molecular formula is C45H55N3O11. The SMILES string of the molecule is CC(C)(C)OC(=O)CCC(CO)NC(=O)CCNC(=O)C12CC3OC(=O)C1N(Cc1ccc(C=CC4CCC5OC5C4)cc1)OC2C1OC2(Cc4ccccc4C2)OC31. The molecule has 0 radical (unpaired) electrons. The van der Waals surface area contributed by atoms with Crippen molar-refractivity contribution in [3.63, 3.8) is 0 Å². The number of rotatable bonds is 13. The Balaban J connectivity index is 0.901. The molecular weight excluding hydrogens is 759 g/mol. The smallest absolute Gasteiger partial charge is 0.327 e. The highest BCUT2D eigenvalue weighted by Crippen LogP contribution is 2.58. The Bertz CT molecular complexity index is 1960. The van der Waals surface area contributed by atoms with Crippen molar-refractivity contribution in [2.24, 2.45) is 11.3 Å². The molecule has 59 heavy (non-hydrogen) atoms. The van der Waals surface area contributed by atoms with E-state index in [0.29, 0.717) is 31.0 Å². The lowest BCUT2D eigenvalue weighted by atomic mass is 9.62. The number of fused-ring (bicyclic) bond motifs is 6. The molecule has 2 bridgehead atoms. The number of amides is 2. The maximum atomic E-state index is 14.7. The predicted octanol–water partition coefficient (Wildman–Crippen LogP) is 3.45. The van der Waals surface area contributed by atoms with Gasteiger partial charge in [-0.05, 0) is 74.6 Å². The number of esters is 2. The lowest BCUT2D eigenvalue weighted by Gasteiger charge is -2.48. The molecule has 7 aliphatic rings. The Morgan fingerprint density at radius 2 is 1.73 bits per heavy atom. The van der Waals surface area contributed by atoms with Crippen molar-refractivity contribution >= 4 is 29.8 Å². The van der Waals surface area contributed by atoms with Gasteiger partial charge in [0.15, 0.2) is 11.8 Å². The second kappa shape index (κ2) is 15.7. The first-order valence-corrected chi connectivity index (χ1v) is 21.2. The van der Waals surface area contributed by atoms with E-state index in [1.54, 1.807) is 25.8 Å². The van der Waals surface area contributed by atoms with Crippen molar-refractivity contribution in [1.29, 1.82) is 0 Å². The summed E-state index contributed by atoms with van der Waals surface area (Å²) in [5.41, 5.74) is 2.17. The van der Waals surface area contributed by atoms with Crippen LogP contribution in [0.1, 0.15) is 88.0 Å². The standard InChI is InChI=1S/C45H55N3O11/c1-43(2,3)56-36(51)17-15-31(25-49)47-35(50)18-19-46-42(53)45-23-34-37-38(58-44(57-37)21-29-6-4-5-7-30(29)22-44)40(45)59-48(39(45)41(52)55-34)24-28-12-9-26(10-13-28)8-11-27-14-16-32-33(20-27)54-32/h4-13,27,31-34,37-40,49H,14-25H2,1-3H3,(H,46,53)(H,47,50). The number of carbonyl (C=O) groups excluding carboxylic acids is 4. The van der Waals surface area contributed by atoms with E-state index >= 15 is 0 Å². The maximum absolute atomic E-state index is 14.7. The van der Waals surface area contributed by atoms with Gasteiger partial charge in [0, 0.05) is 38.6 Å². The molecule has 10 unspecified atom stereocenters. The minimum absolute atomic E-state index is 0.0262. The zero-order valence-electron chi connectivity index (χ0n) is 33.9. The summed E-state index contributed by atoms with van der Waals surface area (Å²) in [6, 6.07) is 14.4. The highest BCUT2D eigenvalue weighted by atomic mass is 16.8. The molecule has 316 valence electrons. The third-order valence-corrected chi connectivity index (χ3v) is 13.0. The van der Waals surface area contributed by atoms with E-state index in [0.717, 1.165) is 41.5 Å². The van der Waals surface area contributed by atoms with Gasteiger partial charge in [0.25, 0.3) is 0 Å². The van der Waals surface area contributed by atoms with Gasteiger partial charge in [0.05, 0.1) is 31.4 Å². The minimum atomic E-state index is -1.40. The van der Waals surface area contributed by atoms with Gasteiger partial charge in [-0.25, -0.2) is 0 Å². The molecule has 3 N–H and O–H groups in total. The fourth-order valence-electron chi connectivity index (χ4n) is 10.2. The summed E-state index contributed by atoms with van der Waals surface area (Å²) in [5.74, 6) is -2.31. The monoisotopic (exact) mass is 813 g/mol. The molecule has 14 nitrogen and oxygen atoms in total. The van der Waals surface area contributed by atoms with Crippen LogP contribution in [0.5, 0.6) is 0 Å². The van der Waals surface area contributed by atoms with Crippen LogP contribution in [0.15, 0.2) is 54.6 Å². The van der Waals surface area contributed by atoms with Crippen LogP contribution in [0.3, 0.4) is 0 Å². The van der Waals surface area contributed by atoms with Gasteiger partial charge in [-0.15, -0.1) is 0 Å². The first-order chi connectivity index (χ1) is 28.3. The summed E-state index contributed by atoms with van der Waals surface area (Å²) in [6.45, 7) is 5.13. The third kappa shape index (κ3) is 8.07. The number of nitrogens with zero attached hydrogens (tertiary/aromatic N) is 1. The Labute approximate surface area is 344 Å². The van der Waals surface area contributed by atoms with Crippen molar-refractivity contribution in [2.45, 2.75) is 145 Å². The molecule has 2 aromatic carbocycles. The molecule has 0 aromatic heterocycles. The molecule has 2 aromatic rings. The van der Waals surface area contributed by atoms with Gasteiger partial charge in [-0.3, -0.25) is 24.0 Å². The van der Waals surface area contributed by atoms with E-state index in [2.05, 4.69) is 34.9 Å². The fraction of sp³-hybridized carbons (Fsp3) is 0.600. The molecule has 6 fully saturated rings. The predicted molar refractivity (Wildman–Crippen MR) is 211 cm³/mol. The van der Waals surface area contributed by atoms with Crippen LogP contribution in [0.2, 0.25) is 0 Å². The van der Waals surface area contributed by atoms with Crippen LogP contribution in [0.4, 0.5) is 0 Å². The largest absolute Gasteiger partial charge is 0.460 e. The van der Waals surface area contributed by atoms with Gasteiger partial charge in [-0.2, -0.15) is 5.06 Å². The molecule has 3 aliphatic carbocycles. The molecule has 9 rings (SSSR count). The van der Waals surface area contributed by atoms with E-state index in [4.69, 9.17) is 28.5 Å². The van der Waals surface area contributed by atoms with E-state index in [1.807, 2.05) is 36.4 Å². The van der Waals surface area contributed by atoms with Gasteiger partial charge in [0.1, 0.15) is 35.4 Å². The zero-order valence-corrected chi connectivity index (χ0v) is 33.9. The Kier molecular flexibility index (Phi) is 10.7. The number of allylic oxidation sites excluding steroid dienone is 1. The zero-order chi connectivity index (χ0) is 41.1. The number of hydroxylamine groups is 2. The van der Waals surface area contributed by atoms with Gasteiger partial charge in [-0.1, -0.05) is 60.7 Å². The van der Waals surface area contributed by atoms with E-state index in [1.165, 1.54) is 0 Å². The number of hydrogen-bond donors (Lipinski definition) is 3. The normalized spacial score (nSPS) is 32.8. The number of nitrogens with one attached hydrogen (secondary N) is 2. The van der Waals surface area contributed by atoms with Crippen LogP contribution in [-0.2, 0) is 67.1 Å².